The van der Waals surface area contributed by atoms with Crippen LogP contribution in [0.15, 0.2) is 72.4 Å². The van der Waals surface area contributed by atoms with Gasteiger partial charge in [-0.3, -0.25) is 25.1 Å². The number of hydrazine groups is 1. The van der Waals surface area contributed by atoms with Crippen LogP contribution in [0.3, 0.4) is 0 Å². The minimum Gasteiger partial charge on any atom is -0.317 e. The Balaban J connectivity index is 1.66. The number of nitrogens with one attached hydrogen (secondary N) is 1. The largest absolute Gasteiger partial charge is 0.317 e. The van der Waals surface area contributed by atoms with Gasteiger partial charge < -0.3 is 4.57 Å². The van der Waals surface area contributed by atoms with E-state index >= 15 is 0 Å². The second-order valence-corrected chi connectivity index (χ2v) is 6.55. The summed E-state index contributed by atoms with van der Waals surface area (Å²) in [6, 6.07) is 16.8. The molecule has 0 radical (unpaired) electrons. The summed E-state index contributed by atoms with van der Waals surface area (Å²) in [5.41, 5.74) is 5.46. The van der Waals surface area contributed by atoms with E-state index in [4.69, 9.17) is 0 Å². The van der Waals surface area contributed by atoms with E-state index in [0.29, 0.717) is 17.1 Å². The van der Waals surface area contributed by atoms with Crippen LogP contribution in [0.5, 0.6) is 0 Å². The lowest BCUT2D eigenvalue weighted by atomic mass is 10.2. The number of hydrogen-bond donors (Lipinski definition) is 1. The first-order chi connectivity index (χ1) is 13.9. The molecule has 4 rings (SSSR count). The van der Waals surface area contributed by atoms with Crippen LogP contribution in [0, 0.1) is 17.0 Å². The van der Waals surface area contributed by atoms with Gasteiger partial charge in [0.25, 0.3) is 17.5 Å². The lowest BCUT2D eigenvalue weighted by molar-refractivity contribution is -0.384. The van der Waals surface area contributed by atoms with Crippen molar-refractivity contribution >= 4 is 29.3 Å². The zero-order valence-electron chi connectivity index (χ0n) is 15.4. The Morgan fingerprint density at radius 3 is 2.28 bits per heavy atom. The van der Waals surface area contributed by atoms with Gasteiger partial charge in [-0.25, -0.2) is 5.01 Å². The van der Waals surface area contributed by atoms with Gasteiger partial charge in [0.2, 0.25) is 0 Å². The van der Waals surface area contributed by atoms with Crippen LogP contribution in [-0.4, -0.2) is 21.3 Å². The van der Waals surface area contributed by atoms with Gasteiger partial charge in [-0.15, -0.1) is 0 Å². The van der Waals surface area contributed by atoms with E-state index in [1.165, 1.54) is 23.2 Å². The normalized spacial score (nSPS) is 15.1. The second kappa shape index (κ2) is 7.08. The standard InChI is InChI=1S/C21H16N4O4/c1-14-4-6-16(7-5-14)24-21(27)19(20(26)22-24)13-18-3-2-12-23(18)15-8-10-17(11-9-15)25(28)29/h2-13H,1H3,(H,22,26)/b19-13-. The highest BCUT2D eigenvalue weighted by molar-refractivity contribution is 6.31. The molecule has 8 heteroatoms. The molecular formula is C21H16N4O4. The fourth-order valence-electron chi connectivity index (χ4n) is 3.06. The predicted molar refractivity (Wildman–Crippen MR) is 107 cm³/mol. The smallest absolute Gasteiger partial charge is 0.282 e. The summed E-state index contributed by atoms with van der Waals surface area (Å²) < 4.78 is 1.74. The molecule has 0 atom stereocenters. The molecule has 8 nitrogen and oxygen atoms in total. The van der Waals surface area contributed by atoms with Crippen molar-refractivity contribution in [1.29, 1.82) is 0 Å². The van der Waals surface area contributed by atoms with Gasteiger partial charge >= 0.3 is 0 Å². The molecule has 0 bridgehead atoms. The number of amides is 2. The van der Waals surface area contributed by atoms with Crippen molar-refractivity contribution in [2.24, 2.45) is 0 Å². The molecule has 144 valence electrons. The first-order valence-corrected chi connectivity index (χ1v) is 8.80. The Morgan fingerprint density at radius 1 is 0.966 bits per heavy atom. The predicted octanol–water partition coefficient (Wildman–Crippen LogP) is 3.16. The van der Waals surface area contributed by atoms with Gasteiger partial charge in [0, 0.05) is 29.7 Å². The zero-order chi connectivity index (χ0) is 20.5. The van der Waals surface area contributed by atoms with Crippen LogP contribution in [0.1, 0.15) is 11.3 Å². The fourth-order valence-corrected chi connectivity index (χ4v) is 3.06. The Bertz CT molecular complexity index is 1140. The number of aromatic nitrogens is 1. The second-order valence-electron chi connectivity index (χ2n) is 6.55. The molecule has 2 aromatic carbocycles. The molecule has 3 aromatic rings. The molecule has 1 aliphatic rings. The highest BCUT2D eigenvalue weighted by Crippen LogP contribution is 2.24. The molecule has 0 aliphatic carbocycles. The van der Waals surface area contributed by atoms with E-state index in [1.807, 2.05) is 19.1 Å². The van der Waals surface area contributed by atoms with Crippen LogP contribution >= 0.6 is 0 Å². The lowest BCUT2D eigenvalue weighted by Crippen LogP contribution is -2.35. The molecule has 0 spiro atoms. The maximum Gasteiger partial charge on any atom is 0.282 e. The van der Waals surface area contributed by atoms with Gasteiger partial charge in [-0.05, 0) is 49.4 Å². The van der Waals surface area contributed by atoms with Crippen LogP contribution in [0.4, 0.5) is 11.4 Å². The fraction of sp³-hybridized carbons (Fsp3) is 0.0476. The summed E-state index contributed by atoms with van der Waals surface area (Å²) in [6.45, 7) is 1.94. The van der Waals surface area contributed by atoms with Gasteiger partial charge in [0.15, 0.2) is 0 Å². The van der Waals surface area contributed by atoms with Crippen molar-refractivity contribution in [3.8, 4) is 5.69 Å². The molecule has 1 saturated heterocycles. The first-order valence-electron chi connectivity index (χ1n) is 8.80. The zero-order valence-corrected chi connectivity index (χ0v) is 15.4. The molecule has 0 saturated carbocycles. The Kier molecular flexibility index (Phi) is 4.44. The monoisotopic (exact) mass is 388 g/mol. The summed E-state index contributed by atoms with van der Waals surface area (Å²) >= 11 is 0. The van der Waals surface area contributed by atoms with E-state index < -0.39 is 16.7 Å². The number of carbonyl (C=O) groups is 2. The third kappa shape index (κ3) is 3.39. The van der Waals surface area contributed by atoms with Gasteiger partial charge in [0.05, 0.1) is 10.6 Å². The van der Waals surface area contributed by atoms with Crippen LogP contribution in [-0.2, 0) is 9.59 Å². The van der Waals surface area contributed by atoms with E-state index in [9.17, 15) is 19.7 Å². The van der Waals surface area contributed by atoms with Gasteiger partial charge in [-0.1, -0.05) is 17.7 Å². The van der Waals surface area contributed by atoms with E-state index in [0.717, 1.165) is 5.56 Å². The number of benzene rings is 2. The minimum atomic E-state index is -0.493. The molecule has 2 amide bonds. The van der Waals surface area contributed by atoms with Crippen molar-refractivity contribution in [3.05, 3.63) is 93.8 Å². The number of nitro benzene ring substituents is 1. The van der Waals surface area contributed by atoms with Crippen molar-refractivity contribution in [2.75, 3.05) is 5.01 Å². The molecular weight excluding hydrogens is 372 g/mol. The van der Waals surface area contributed by atoms with Crippen LogP contribution in [0.25, 0.3) is 11.8 Å². The average molecular weight is 388 g/mol. The van der Waals surface area contributed by atoms with Crippen molar-refractivity contribution < 1.29 is 14.5 Å². The summed E-state index contributed by atoms with van der Waals surface area (Å²) in [5.74, 6) is -0.942. The first kappa shape index (κ1) is 18.2. The number of anilines is 1. The number of non-ortho nitro benzene ring substituents is 1. The SMILES string of the molecule is Cc1ccc(N2NC(=O)/C(=C/c3cccn3-c3ccc([N+](=O)[O-])cc3)C2=O)cc1. The summed E-state index contributed by atoms with van der Waals surface area (Å²) in [7, 11) is 0. The Hall–Kier alpha value is -4.20. The highest BCUT2D eigenvalue weighted by Gasteiger charge is 2.34. The third-order valence-electron chi connectivity index (χ3n) is 4.59. The third-order valence-corrected chi connectivity index (χ3v) is 4.59. The average Bonchev–Trinajstić information content (AvgIpc) is 3.29. The van der Waals surface area contributed by atoms with Crippen molar-refractivity contribution in [1.82, 2.24) is 9.99 Å². The van der Waals surface area contributed by atoms with Crippen molar-refractivity contribution in [2.45, 2.75) is 6.92 Å². The number of nitrogens with zero attached hydrogens (tertiary/aromatic N) is 3. The van der Waals surface area contributed by atoms with Crippen LogP contribution in [0.2, 0.25) is 0 Å². The minimum absolute atomic E-state index is 0.00689. The Labute approximate surface area is 165 Å². The number of carbonyl (C=O) groups excluding carboxylic acids is 2. The molecule has 29 heavy (non-hydrogen) atoms. The number of nitro groups is 1. The number of hydrogen-bond acceptors (Lipinski definition) is 4. The van der Waals surface area contributed by atoms with Gasteiger partial charge in [0.1, 0.15) is 5.57 Å². The molecule has 2 heterocycles. The van der Waals surface area contributed by atoms with Crippen molar-refractivity contribution in [3.63, 3.8) is 0 Å². The summed E-state index contributed by atoms with van der Waals surface area (Å²) in [4.78, 5) is 35.6. The number of aryl methyl sites for hydroxylation is 1. The molecule has 1 aromatic heterocycles. The van der Waals surface area contributed by atoms with E-state index in [1.54, 1.807) is 47.2 Å². The van der Waals surface area contributed by atoms with Gasteiger partial charge in [-0.2, -0.15) is 0 Å². The number of rotatable bonds is 4. The quantitative estimate of drug-likeness (QED) is 0.321. The molecule has 1 fully saturated rings. The maximum absolute atomic E-state index is 12.8. The molecule has 1 N–H and O–H groups in total. The van der Waals surface area contributed by atoms with E-state index in [-0.39, 0.29) is 11.3 Å². The molecule has 1 aliphatic heterocycles. The lowest BCUT2D eigenvalue weighted by Gasteiger charge is -2.14. The van der Waals surface area contributed by atoms with E-state index in [2.05, 4.69) is 5.43 Å². The highest BCUT2D eigenvalue weighted by atomic mass is 16.6. The topological polar surface area (TPSA) is 97.5 Å². The maximum atomic E-state index is 12.8. The Morgan fingerprint density at radius 2 is 1.62 bits per heavy atom. The summed E-state index contributed by atoms with van der Waals surface area (Å²) in [6.07, 6.45) is 3.26. The van der Waals surface area contributed by atoms with Crippen LogP contribution < -0.4 is 10.4 Å². The molecule has 0 unspecified atom stereocenters. The summed E-state index contributed by atoms with van der Waals surface area (Å²) in [5, 5.41) is 12.1.